The molecule has 2 aliphatic heterocycles. The number of piperazine rings is 1. The van der Waals surface area contributed by atoms with Crippen LogP contribution in [0, 0.1) is 11.7 Å². The van der Waals surface area contributed by atoms with Gasteiger partial charge in [-0.25, -0.2) is 4.39 Å². The van der Waals surface area contributed by atoms with Crippen LogP contribution in [-0.4, -0.2) is 54.3 Å². The number of carbonyl (C=O) groups is 2. The zero-order valence-electron chi connectivity index (χ0n) is 20.7. The Balaban J connectivity index is 1.25. The first-order valence-corrected chi connectivity index (χ1v) is 12.5. The average molecular weight is 487 g/mol. The summed E-state index contributed by atoms with van der Waals surface area (Å²) in [6.07, 6.45) is -0.246. The van der Waals surface area contributed by atoms with E-state index in [4.69, 9.17) is 0 Å². The van der Waals surface area contributed by atoms with Gasteiger partial charge in [0.15, 0.2) is 0 Å². The molecule has 7 heteroatoms. The third-order valence-electron chi connectivity index (χ3n) is 6.82. The van der Waals surface area contributed by atoms with Crippen molar-refractivity contribution in [2.24, 2.45) is 5.92 Å². The standard InChI is InChI=1S/C29H31FN4O2/c1-20(2)19-34-27(23-7-3-4-8-24(23)29(34)36)31-22-13-11-21(12-14-22)28(35)33-17-15-32(16-18-33)26-10-6-5-9-25(26)30/h3-14,20,27,31H,15-19H2,1-2H3/t27-/m0/s1. The molecule has 1 N–H and O–H groups in total. The molecule has 1 fully saturated rings. The normalized spacial score (nSPS) is 17.5. The van der Waals surface area contributed by atoms with Crippen LogP contribution in [0.4, 0.5) is 15.8 Å². The average Bonchev–Trinajstić information content (AvgIpc) is 3.15. The fourth-order valence-electron chi connectivity index (χ4n) is 5.02. The Labute approximate surface area is 211 Å². The number of nitrogens with zero attached hydrogens (tertiary/aromatic N) is 3. The van der Waals surface area contributed by atoms with Crippen LogP contribution in [-0.2, 0) is 0 Å². The number of nitrogens with one attached hydrogen (secondary N) is 1. The van der Waals surface area contributed by atoms with Crippen molar-refractivity contribution in [2.75, 3.05) is 42.9 Å². The Hall–Kier alpha value is -3.87. The quantitative estimate of drug-likeness (QED) is 0.532. The van der Waals surface area contributed by atoms with Gasteiger partial charge in [0, 0.05) is 55.1 Å². The summed E-state index contributed by atoms with van der Waals surface area (Å²) in [5, 5.41) is 3.50. The number of hydrogen-bond acceptors (Lipinski definition) is 4. The van der Waals surface area contributed by atoms with Crippen LogP contribution in [0.1, 0.15) is 46.3 Å². The molecule has 6 nitrogen and oxygen atoms in total. The minimum atomic E-state index is -0.246. The van der Waals surface area contributed by atoms with Crippen molar-refractivity contribution in [1.29, 1.82) is 0 Å². The summed E-state index contributed by atoms with van der Waals surface area (Å²) < 4.78 is 14.1. The summed E-state index contributed by atoms with van der Waals surface area (Å²) in [4.78, 5) is 31.8. The molecule has 0 unspecified atom stereocenters. The Morgan fingerprint density at radius 3 is 2.31 bits per heavy atom. The van der Waals surface area contributed by atoms with E-state index < -0.39 is 0 Å². The molecule has 0 aliphatic carbocycles. The highest BCUT2D eigenvalue weighted by Gasteiger charge is 2.36. The summed E-state index contributed by atoms with van der Waals surface area (Å²) in [5.41, 5.74) is 3.74. The van der Waals surface area contributed by atoms with Crippen LogP contribution in [0.5, 0.6) is 0 Å². The number of fused-ring (bicyclic) bond motifs is 1. The lowest BCUT2D eigenvalue weighted by molar-refractivity contribution is 0.0719. The highest BCUT2D eigenvalue weighted by atomic mass is 19.1. The number of carbonyl (C=O) groups excluding carboxylic acids is 2. The first kappa shape index (κ1) is 23.9. The Bertz CT molecular complexity index is 1250. The third-order valence-corrected chi connectivity index (χ3v) is 6.82. The van der Waals surface area contributed by atoms with Crippen molar-refractivity contribution in [1.82, 2.24) is 9.80 Å². The Morgan fingerprint density at radius 2 is 1.61 bits per heavy atom. The van der Waals surface area contributed by atoms with Gasteiger partial charge in [-0.2, -0.15) is 0 Å². The lowest BCUT2D eigenvalue weighted by atomic mass is 10.1. The summed E-state index contributed by atoms with van der Waals surface area (Å²) in [7, 11) is 0. The molecule has 36 heavy (non-hydrogen) atoms. The summed E-state index contributed by atoms with van der Waals surface area (Å²) in [5.74, 6) is 0.112. The van der Waals surface area contributed by atoms with Gasteiger partial charge in [-0.1, -0.05) is 44.2 Å². The van der Waals surface area contributed by atoms with Crippen LogP contribution in [0.25, 0.3) is 0 Å². The van der Waals surface area contributed by atoms with Crippen molar-refractivity contribution < 1.29 is 14.0 Å². The van der Waals surface area contributed by atoms with Crippen molar-refractivity contribution in [2.45, 2.75) is 20.0 Å². The van der Waals surface area contributed by atoms with Crippen LogP contribution in [0.3, 0.4) is 0 Å². The fourth-order valence-corrected chi connectivity index (χ4v) is 5.02. The molecule has 3 aromatic carbocycles. The van der Waals surface area contributed by atoms with Gasteiger partial charge in [-0.05, 0) is 48.4 Å². The maximum absolute atomic E-state index is 14.1. The summed E-state index contributed by atoms with van der Waals surface area (Å²) in [6.45, 7) is 7.12. The molecule has 3 aromatic rings. The Kier molecular flexibility index (Phi) is 6.63. The molecular formula is C29H31FN4O2. The van der Waals surface area contributed by atoms with Crippen LogP contribution in [0.2, 0.25) is 0 Å². The molecule has 0 bridgehead atoms. The van der Waals surface area contributed by atoms with Crippen molar-refractivity contribution >= 4 is 23.2 Å². The van der Waals surface area contributed by atoms with E-state index in [0.717, 1.165) is 16.8 Å². The molecule has 5 rings (SSSR count). The van der Waals surface area contributed by atoms with E-state index in [1.807, 2.05) is 69.3 Å². The number of anilines is 2. The van der Waals surface area contributed by atoms with Gasteiger partial charge in [0.05, 0.1) is 5.69 Å². The monoisotopic (exact) mass is 486 g/mol. The summed E-state index contributed by atoms with van der Waals surface area (Å²) >= 11 is 0. The van der Waals surface area contributed by atoms with E-state index in [-0.39, 0.29) is 23.8 Å². The van der Waals surface area contributed by atoms with Crippen LogP contribution < -0.4 is 10.2 Å². The highest BCUT2D eigenvalue weighted by Crippen LogP contribution is 2.35. The molecule has 2 heterocycles. The minimum absolute atomic E-state index is 0.0300. The topological polar surface area (TPSA) is 55.9 Å². The van der Waals surface area contributed by atoms with E-state index in [2.05, 4.69) is 19.2 Å². The molecule has 0 radical (unpaired) electrons. The van der Waals surface area contributed by atoms with Crippen LogP contribution >= 0.6 is 0 Å². The first-order chi connectivity index (χ1) is 17.4. The van der Waals surface area contributed by atoms with E-state index in [1.54, 1.807) is 12.1 Å². The maximum Gasteiger partial charge on any atom is 0.256 e. The highest BCUT2D eigenvalue weighted by molar-refractivity contribution is 5.99. The van der Waals surface area contributed by atoms with Crippen molar-refractivity contribution in [3.63, 3.8) is 0 Å². The van der Waals surface area contributed by atoms with Gasteiger partial charge in [-0.3, -0.25) is 9.59 Å². The van der Waals surface area contributed by atoms with Crippen LogP contribution in [0.15, 0.2) is 72.8 Å². The summed E-state index contributed by atoms with van der Waals surface area (Å²) in [6, 6.07) is 21.9. The predicted octanol–water partition coefficient (Wildman–Crippen LogP) is 5.01. The van der Waals surface area contributed by atoms with Gasteiger partial charge in [0.1, 0.15) is 12.0 Å². The fraction of sp³-hybridized carbons (Fsp3) is 0.310. The van der Waals surface area contributed by atoms with Gasteiger partial charge < -0.3 is 20.0 Å². The van der Waals surface area contributed by atoms with Gasteiger partial charge in [-0.15, -0.1) is 0 Å². The third kappa shape index (κ3) is 4.65. The second-order valence-corrected chi connectivity index (χ2v) is 9.79. The number of rotatable bonds is 6. The zero-order chi connectivity index (χ0) is 25.2. The molecule has 2 amide bonds. The SMILES string of the molecule is CC(C)CN1C(=O)c2ccccc2[C@H]1Nc1ccc(C(=O)N2CCN(c3ccccc3F)CC2)cc1. The molecule has 1 atom stereocenters. The molecule has 186 valence electrons. The van der Waals surface area contributed by atoms with Crippen molar-refractivity contribution in [3.05, 3.63) is 95.3 Å². The van der Waals surface area contributed by atoms with Crippen molar-refractivity contribution in [3.8, 4) is 0 Å². The first-order valence-electron chi connectivity index (χ1n) is 12.5. The van der Waals surface area contributed by atoms with E-state index in [1.165, 1.54) is 6.07 Å². The van der Waals surface area contributed by atoms with E-state index in [9.17, 15) is 14.0 Å². The lowest BCUT2D eigenvalue weighted by Crippen LogP contribution is -2.49. The van der Waals surface area contributed by atoms with Gasteiger partial charge in [0.2, 0.25) is 0 Å². The van der Waals surface area contributed by atoms with Gasteiger partial charge in [0.25, 0.3) is 11.8 Å². The number of para-hydroxylation sites is 1. The zero-order valence-corrected chi connectivity index (χ0v) is 20.7. The number of benzene rings is 3. The second kappa shape index (κ2) is 10.0. The number of amides is 2. The number of hydrogen-bond donors (Lipinski definition) is 1. The molecule has 0 aromatic heterocycles. The van der Waals surface area contributed by atoms with E-state index >= 15 is 0 Å². The Morgan fingerprint density at radius 1 is 0.944 bits per heavy atom. The lowest BCUT2D eigenvalue weighted by Gasteiger charge is -2.36. The molecule has 2 aliphatic rings. The molecule has 0 spiro atoms. The molecule has 1 saturated heterocycles. The largest absolute Gasteiger partial charge is 0.366 e. The smallest absolute Gasteiger partial charge is 0.256 e. The molecule has 0 saturated carbocycles. The maximum atomic E-state index is 14.1. The minimum Gasteiger partial charge on any atom is -0.366 e. The van der Waals surface area contributed by atoms with E-state index in [0.29, 0.717) is 49.9 Å². The predicted molar refractivity (Wildman–Crippen MR) is 140 cm³/mol. The number of halogens is 1. The molecular weight excluding hydrogens is 455 g/mol. The van der Waals surface area contributed by atoms with Gasteiger partial charge >= 0.3 is 0 Å². The second-order valence-electron chi connectivity index (χ2n) is 9.79.